The third-order valence-electron chi connectivity index (χ3n) is 4.31. The summed E-state index contributed by atoms with van der Waals surface area (Å²) in [6.45, 7) is 17.7. The number of hydrogen-bond donors (Lipinski definition) is 0. The minimum atomic E-state index is 0.203. The van der Waals surface area contributed by atoms with E-state index in [2.05, 4.69) is 85.7 Å². The van der Waals surface area contributed by atoms with E-state index in [0.717, 1.165) is 5.75 Å². The largest absolute Gasteiger partial charge is 0.497 e. The Balaban J connectivity index is 0.000000240. The minimum absolute atomic E-state index is 0.203. The molecular weight excluding hydrogens is 292 g/mol. The molecule has 0 aliphatic rings. The van der Waals surface area contributed by atoms with Crippen molar-refractivity contribution in [3.63, 3.8) is 0 Å². The van der Waals surface area contributed by atoms with Crippen molar-refractivity contribution in [2.45, 2.75) is 66.2 Å². The fraction of sp³-hybridized carbons (Fsp3) is 0.478. The van der Waals surface area contributed by atoms with Crippen molar-refractivity contribution >= 4 is 0 Å². The van der Waals surface area contributed by atoms with Crippen molar-refractivity contribution in [2.75, 3.05) is 7.11 Å². The zero-order valence-electron chi connectivity index (χ0n) is 16.9. The SMILES string of the molecule is COc1cccc(C(C)(C)C)c1.Cc1ccc(C(C)(C)C)cc1C. The van der Waals surface area contributed by atoms with E-state index >= 15 is 0 Å². The Bertz CT molecular complexity index is 654. The van der Waals surface area contributed by atoms with Gasteiger partial charge < -0.3 is 4.74 Å². The molecule has 0 spiro atoms. The number of methoxy groups -OCH3 is 1. The summed E-state index contributed by atoms with van der Waals surface area (Å²) < 4.78 is 5.15. The van der Waals surface area contributed by atoms with Crippen molar-refractivity contribution in [1.82, 2.24) is 0 Å². The van der Waals surface area contributed by atoms with Crippen molar-refractivity contribution < 1.29 is 4.74 Å². The second kappa shape index (κ2) is 7.88. The first-order chi connectivity index (χ1) is 10.9. The summed E-state index contributed by atoms with van der Waals surface area (Å²) in [4.78, 5) is 0. The fourth-order valence-electron chi connectivity index (χ4n) is 2.30. The lowest BCUT2D eigenvalue weighted by Gasteiger charge is -2.19. The van der Waals surface area contributed by atoms with Gasteiger partial charge in [0.15, 0.2) is 0 Å². The average molecular weight is 327 g/mol. The Labute approximate surface area is 149 Å². The normalized spacial score (nSPS) is 11.5. The Morgan fingerprint density at radius 1 is 0.667 bits per heavy atom. The highest BCUT2D eigenvalue weighted by molar-refractivity contribution is 5.33. The van der Waals surface area contributed by atoms with Gasteiger partial charge in [0, 0.05) is 0 Å². The molecule has 132 valence electrons. The van der Waals surface area contributed by atoms with Crippen molar-refractivity contribution in [1.29, 1.82) is 0 Å². The molecule has 2 rings (SSSR count). The molecule has 0 N–H and O–H groups in total. The summed E-state index contributed by atoms with van der Waals surface area (Å²) in [5.74, 6) is 0.933. The number of benzene rings is 2. The van der Waals surface area contributed by atoms with Gasteiger partial charge in [-0.2, -0.15) is 0 Å². The van der Waals surface area contributed by atoms with Gasteiger partial charge in [-0.25, -0.2) is 0 Å². The van der Waals surface area contributed by atoms with Gasteiger partial charge in [0.1, 0.15) is 5.75 Å². The first kappa shape index (κ1) is 20.3. The molecule has 0 radical (unpaired) electrons. The summed E-state index contributed by atoms with van der Waals surface area (Å²) >= 11 is 0. The van der Waals surface area contributed by atoms with Crippen LogP contribution in [0.5, 0.6) is 5.75 Å². The molecular formula is C23H34O. The molecule has 0 aromatic heterocycles. The lowest BCUT2D eigenvalue weighted by Crippen LogP contribution is -2.11. The Morgan fingerprint density at radius 2 is 1.21 bits per heavy atom. The van der Waals surface area contributed by atoms with Crippen LogP contribution in [0.1, 0.15) is 63.8 Å². The molecule has 0 fully saturated rings. The van der Waals surface area contributed by atoms with Gasteiger partial charge in [-0.3, -0.25) is 0 Å². The van der Waals surface area contributed by atoms with Crippen LogP contribution in [-0.4, -0.2) is 7.11 Å². The number of hydrogen-bond acceptors (Lipinski definition) is 1. The molecule has 0 aliphatic carbocycles. The zero-order chi connectivity index (χ0) is 18.5. The quantitative estimate of drug-likeness (QED) is 0.574. The van der Waals surface area contributed by atoms with Gasteiger partial charge in [-0.1, -0.05) is 71.9 Å². The van der Waals surface area contributed by atoms with Gasteiger partial charge in [0.05, 0.1) is 7.11 Å². The van der Waals surface area contributed by atoms with Crippen LogP contribution in [0.15, 0.2) is 42.5 Å². The summed E-state index contributed by atoms with van der Waals surface area (Å²) in [5, 5.41) is 0. The minimum Gasteiger partial charge on any atom is -0.497 e. The van der Waals surface area contributed by atoms with E-state index in [1.54, 1.807) is 7.11 Å². The highest BCUT2D eigenvalue weighted by Crippen LogP contribution is 2.25. The molecule has 0 saturated carbocycles. The van der Waals surface area contributed by atoms with E-state index in [9.17, 15) is 0 Å². The zero-order valence-corrected chi connectivity index (χ0v) is 16.9. The lowest BCUT2D eigenvalue weighted by atomic mass is 9.85. The average Bonchev–Trinajstić information content (AvgIpc) is 2.49. The maximum absolute atomic E-state index is 5.15. The fourth-order valence-corrected chi connectivity index (χ4v) is 2.30. The molecule has 1 heteroatoms. The van der Waals surface area contributed by atoms with Gasteiger partial charge in [-0.15, -0.1) is 0 Å². The van der Waals surface area contributed by atoms with Gasteiger partial charge in [0.25, 0.3) is 0 Å². The molecule has 2 aromatic carbocycles. The van der Waals surface area contributed by atoms with Gasteiger partial charge in [-0.05, 0) is 59.1 Å². The third-order valence-corrected chi connectivity index (χ3v) is 4.31. The predicted molar refractivity (Wildman–Crippen MR) is 106 cm³/mol. The molecule has 0 amide bonds. The van der Waals surface area contributed by atoms with Gasteiger partial charge in [0.2, 0.25) is 0 Å². The molecule has 0 saturated heterocycles. The van der Waals surface area contributed by atoms with Crippen molar-refractivity contribution in [3.8, 4) is 5.75 Å². The van der Waals surface area contributed by atoms with E-state index in [0.29, 0.717) is 0 Å². The Morgan fingerprint density at radius 3 is 1.67 bits per heavy atom. The monoisotopic (exact) mass is 326 g/mol. The third kappa shape index (κ3) is 6.03. The summed E-state index contributed by atoms with van der Waals surface area (Å²) in [5.41, 5.74) is 5.98. The maximum atomic E-state index is 5.15. The summed E-state index contributed by atoms with van der Waals surface area (Å²) in [6, 6.07) is 14.9. The van der Waals surface area contributed by atoms with Crippen molar-refractivity contribution in [3.05, 3.63) is 64.7 Å². The topological polar surface area (TPSA) is 9.23 Å². The molecule has 0 bridgehead atoms. The van der Waals surface area contributed by atoms with Crippen LogP contribution < -0.4 is 4.74 Å². The van der Waals surface area contributed by atoms with Gasteiger partial charge >= 0.3 is 0 Å². The molecule has 0 unspecified atom stereocenters. The molecule has 0 atom stereocenters. The molecule has 24 heavy (non-hydrogen) atoms. The van der Waals surface area contributed by atoms with E-state index in [-0.39, 0.29) is 10.8 Å². The van der Waals surface area contributed by atoms with Crippen LogP contribution in [-0.2, 0) is 10.8 Å². The van der Waals surface area contributed by atoms with Crippen LogP contribution in [0, 0.1) is 13.8 Å². The molecule has 2 aromatic rings. The second-order valence-corrected chi connectivity index (χ2v) is 8.53. The van der Waals surface area contributed by atoms with E-state index in [1.165, 1.54) is 22.3 Å². The highest BCUT2D eigenvalue weighted by Gasteiger charge is 2.14. The molecule has 1 nitrogen and oxygen atoms in total. The van der Waals surface area contributed by atoms with E-state index in [4.69, 9.17) is 4.74 Å². The smallest absolute Gasteiger partial charge is 0.119 e. The summed E-state index contributed by atoms with van der Waals surface area (Å²) in [6.07, 6.45) is 0. The van der Waals surface area contributed by atoms with Crippen LogP contribution >= 0.6 is 0 Å². The first-order valence-electron chi connectivity index (χ1n) is 8.67. The molecule has 0 heterocycles. The standard InChI is InChI=1S/C12H18.C11H16O/c1-9-6-7-11(8-10(9)2)12(3,4)5;1-11(2,3)9-6-5-7-10(8-9)12-4/h6-8H,1-5H3;5-8H,1-4H3. The maximum Gasteiger partial charge on any atom is 0.119 e. The van der Waals surface area contributed by atoms with Crippen LogP contribution in [0.2, 0.25) is 0 Å². The van der Waals surface area contributed by atoms with Crippen LogP contribution in [0.3, 0.4) is 0 Å². The highest BCUT2D eigenvalue weighted by atomic mass is 16.5. The van der Waals surface area contributed by atoms with E-state index in [1.807, 2.05) is 12.1 Å². The first-order valence-corrected chi connectivity index (χ1v) is 8.67. The van der Waals surface area contributed by atoms with Crippen LogP contribution in [0.25, 0.3) is 0 Å². The number of aryl methyl sites for hydroxylation is 2. The second-order valence-electron chi connectivity index (χ2n) is 8.53. The number of rotatable bonds is 1. The molecule has 0 aliphatic heterocycles. The summed E-state index contributed by atoms with van der Waals surface area (Å²) in [7, 11) is 1.70. The number of ether oxygens (including phenoxy) is 1. The Kier molecular flexibility index (Phi) is 6.66. The van der Waals surface area contributed by atoms with Crippen molar-refractivity contribution in [2.24, 2.45) is 0 Å². The predicted octanol–water partition coefficient (Wildman–Crippen LogP) is 6.59. The van der Waals surface area contributed by atoms with Crippen LogP contribution in [0.4, 0.5) is 0 Å². The van der Waals surface area contributed by atoms with E-state index < -0.39 is 0 Å². The Hall–Kier alpha value is -1.76. The lowest BCUT2D eigenvalue weighted by molar-refractivity contribution is 0.412.